The number of pyridine rings is 2. The van der Waals surface area contributed by atoms with Crippen molar-refractivity contribution in [2.24, 2.45) is 0 Å². The molecule has 4 rings (SSSR count). The van der Waals surface area contributed by atoms with E-state index in [1.165, 1.54) is 10.8 Å². The van der Waals surface area contributed by atoms with Gasteiger partial charge in [-0.1, -0.05) is 63.1 Å². The number of hydrogen-bond acceptors (Lipinski definition) is 4. The lowest BCUT2D eigenvalue weighted by Gasteiger charge is -2.38. The second kappa shape index (κ2) is 17.7. The molecule has 4 aromatic rings. The van der Waals surface area contributed by atoms with E-state index in [0.717, 1.165) is 101 Å². The summed E-state index contributed by atoms with van der Waals surface area (Å²) in [6.45, 7) is 8.43. The smallest absolute Gasteiger partial charge is 0.221 e. The molecule has 0 radical (unpaired) electrons. The van der Waals surface area contributed by atoms with E-state index in [0.29, 0.717) is 13.2 Å². The van der Waals surface area contributed by atoms with Crippen molar-refractivity contribution in [1.29, 1.82) is 0 Å². The van der Waals surface area contributed by atoms with Crippen molar-refractivity contribution in [3.8, 4) is 11.8 Å². The molecule has 2 heterocycles. The molecule has 8 heteroatoms. The van der Waals surface area contributed by atoms with Crippen LogP contribution in [0.4, 0.5) is 0 Å². The van der Waals surface area contributed by atoms with Crippen LogP contribution < -0.4 is 57.4 Å². The van der Waals surface area contributed by atoms with Crippen molar-refractivity contribution in [3.05, 3.63) is 72.1 Å². The molecule has 0 aliphatic heterocycles. The molecule has 2 aromatic carbocycles. The van der Waals surface area contributed by atoms with Crippen LogP contribution in [0.5, 0.6) is 11.8 Å². The van der Waals surface area contributed by atoms with Crippen LogP contribution in [-0.4, -0.2) is 80.1 Å². The standard InChI is InChI=1S/C35H50N4O2.2HI/c1-7-9-17-30-25-28-15-11-13-19-32(28)34(36-30)40-23-21-38(3,4)27-39(5,6)22-24-41-35-33-20-14-12-16-29(33)26-31(37-35)18-10-8-2;;/h11-16,19-20,25-26H,7-10,17-18,21-24,27H2,1-6H3;2*1H/q+2;;/p-2. The van der Waals surface area contributed by atoms with Gasteiger partial charge in [-0.3, -0.25) is 8.97 Å². The quantitative estimate of drug-likeness (QED) is 0.0966. The van der Waals surface area contributed by atoms with Gasteiger partial charge in [0.05, 0.1) is 28.2 Å². The van der Waals surface area contributed by atoms with E-state index in [9.17, 15) is 0 Å². The van der Waals surface area contributed by atoms with Crippen molar-refractivity contribution in [3.63, 3.8) is 0 Å². The van der Waals surface area contributed by atoms with Crippen LogP contribution in [0.15, 0.2) is 60.7 Å². The van der Waals surface area contributed by atoms with Gasteiger partial charge in [-0.15, -0.1) is 0 Å². The first-order valence-corrected chi connectivity index (χ1v) is 15.4. The number of rotatable bonds is 16. The van der Waals surface area contributed by atoms with Crippen LogP contribution in [-0.2, 0) is 12.8 Å². The van der Waals surface area contributed by atoms with Gasteiger partial charge in [0.1, 0.15) is 26.3 Å². The largest absolute Gasteiger partial charge is 1.00 e. The number of benzene rings is 2. The van der Waals surface area contributed by atoms with E-state index in [4.69, 9.17) is 19.4 Å². The Kier molecular flexibility index (Phi) is 15.4. The molecule has 0 spiro atoms. The first-order valence-electron chi connectivity index (χ1n) is 15.4. The SMILES string of the molecule is CCCCc1cc2ccccc2c(OCC[N+](C)(C)C[N+](C)(C)CCOc2nc(CCCC)cc3ccccc23)n1.[I-].[I-]. The highest BCUT2D eigenvalue weighted by molar-refractivity contribution is 5.87. The molecule has 0 unspecified atom stereocenters. The minimum absolute atomic E-state index is 0. The number of aryl methyl sites for hydroxylation is 2. The average molecular weight is 813 g/mol. The Morgan fingerprint density at radius 3 is 1.40 bits per heavy atom. The number of halogens is 2. The van der Waals surface area contributed by atoms with E-state index in [1.54, 1.807) is 0 Å². The molecule has 43 heavy (non-hydrogen) atoms. The van der Waals surface area contributed by atoms with Crippen LogP contribution in [0.3, 0.4) is 0 Å². The molecule has 2 aromatic heterocycles. The minimum atomic E-state index is 0. The molecule has 0 amide bonds. The summed E-state index contributed by atoms with van der Waals surface area (Å²) in [5, 5.41) is 4.58. The first kappa shape index (κ1) is 37.4. The number of fused-ring (bicyclic) bond motifs is 2. The summed E-state index contributed by atoms with van der Waals surface area (Å²) in [6, 6.07) is 21.2. The molecule has 0 fully saturated rings. The topological polar surface area (TPSA) is 44.2 Å². The van der Waals surface area contributed by atoms with Crippen molar-refractivity contribution >= 4 is 21.5 Å². The third kappa shape index (κ3) is 11.3. The van der Waals surface area contributed by atoms with Gasteiger partial charge in [0.25, 0.3) is 0 Å². The van der Waals surface area contributed by atoms with Crippen LogP contribution in [0.25, 0.3) is 21.5 Å². The Morgan fingerprint density at radius 2 is 1.00 bits per heavy atom. The number of hydrogen-bond donors (Lipinski definition) is 0. The number of aromatic nitrogens is 2. The highest BCUT2D eigenvalue weighted by atomic mass is 127. The lowest BCUT2D eigenvalue weighted by molar-refractivity contribution is -1.07. The van der Waals surface area contributed by atoms with Crippen molar-refractivity contribution in [2.75, 3.05) is 61.2 Å². The van der Waals surface area contributed by atoms with E-state index >= 15 is 0 Å². The molecule has 0 saturated carbocycles. The first-order chi connectivity index (χ1) is 19.7. The highest BCUT2D eigenvalue weighted by Gasteiger charge is 2.28. The summed E-state index contributed by atoms with van der Waals surface area (Å²) < 4.78 is 14.4. The van der Waals surface area contributed by atoms with Gasteiger partial charge in [-0.25, -0.2) is 9.97 Å². The summed E-state index contributed by atoms with van der Waals surface area (Å²) in [4.78, 5) is 9.78. The van der Waals surface area contributed by atoms with E-state index in [-0.39, 0.29) is 48.0 Å². The van der Waals surface area contributed by atoms with Gasteiger partial charge in [-0.2, -0.15) is 0 Å². The maximum atomic E-state index is 6.34. The number of likely N-dealkylation sites (N-methyl/N-ethyl adjacent to an activating group) is 2. The Balaban J connectivity index is 0.00000323. The van der Waals surface area contributed by atoms with Crippen LogP contribution >= 0.6 is 0 Å². The van der Waals surface area contributed by atoms with Crippen LogP contribution in [0, 0.1) is 0 Å². The maximum absolute atomic E-state index is 6.34. The van der Waals surface area contributed by atoms with Gasteiger partial charge in [0.15, 0.2) is 0 Å². The zero-order chi connectivity index (χ0) is 29.3. The Morgan fingerprint density at radius 1 is 0.605 bits per heavy atom. The van der Waals surface area contributed by atoms with Crippen molar-refractivity contribution < 1.29 is 66.4 Å². The summed E-state index contributed by atoms with van der Waals surface area (Å²) >= 11 is 0. The van der Waals surface area contributed by atoms with Crippen LogP contribution in [0.2, 0.25) is 0 Å². The molecule has 0 N–H and O–H groups in total. The number of unbranched alkanes of at least 4 members (excludes halogenated alkanes) is 2. The summed E-state index contributed by atoms with van der Waals surface area (Å²) in [5.41, 5.74) is 2.23. The molecule has 6 nitrogen and oxygen atoms in total. The Bertz CT molecular complexity index is 1320. The molecule has 236 valence electrons. The Hall–Kier alpha value is -1.76. The lowest BCUT2D eigenvalue weighted by Crippen LogP contribution is -3.00. The summed E-state index contributed by atoms with van der Waals surface area (Å²) in [5.74, 6) is 1.52. The van der Waals surface area contributed by atoms with Gasteiger partial charge in [0, 0.05) is 22.2 Å². The fraction of sp³-hybridized carbons (Fsp3) is 0.486. The Labute approximate surface area is 293 Å². The molecule has 0 atom stereocenters. The molecule has 0 aliphatic rings. The normalized spacial score (nSPS) is 11.7. The third-order valence-electron chi connectivity index (χ3n) is 7.73. The van der Waals surface area contributed by atoms with Gasteiger partial charge >= 0.3 is 0 Å². The predicted molar refractivity (Wildman–Crippen MR) is 171 cm³/mol. The summed E-state index contributed by atoms with van der Waals surface area (Å²) in [7, 11) is 9.11. The third-order valence-corrected chi connectivity index (χ3v) is 7.73. The van der Waals surface area contributed by atoms with E-state index in [1.807, 2.05) is 0 Å². The maximum Gasteiger partial charge on any atom is 0.221 e. The number of ether oxygens (including phenoxy) is 2. The monoisotopic (exact) mass is 812 g/mol. The van der Waals surface area contributed by atoms with Gasteiger partial charge in [-0.05, 0) is 60.7 Å². The zero-order valence-corrected chi connectivity index (χ0v) is 31.2. The second-order valence-electron chi connectivity index (χ2n) is 12.6. The number of quaternary nitrogens is 2. The van der Waals surface area contributed by atoms with E-state index < -0.39 is 0 Å². The molecule has 0 aliphatic carbocycles. The minimum Gasteiger partial charge on any atom is -1.00 e. The average Bonchev–Trinajstić information content (AvgIpc) is 2.94. The molecule has 0 bridgehead atoms. The molecular weight excluding hydrogens is 762 g/mol. The molecular formula is C35H50I2N4O2. The highest BCUT2D eigenvalue weighted by Crippen LogP contribution is 2.27. The van der Waals surface area contributed by atoms with Crippen molar-refractivity contribution in [2.45, 2.75) is 52.4 Å². The van der Waals surface area contributed by atoms with Crippen LogP contribution in [0.1, 0.15) is 50.9 Å². The fourth-order valence-electron chi connectivity index (χ4n) is 5.59. The number of nitrogens with zero attached hydrogens (tertiary/aromatic N) is 4. The summed E-state index contributed by atoms with van der Waals surface area (Å²) in [6.07, 6.45) is 6.58. The molecule has 0 saturated heterocycles. The lowest BCUT2D eigenvalue weighted by atomic mass is 10.1. The van der Waals surface area contributed by atoms with Gasteiger partial charge < -0.3 is 57.4 Å². The van der Waals surface area contributed by atoms with Gasteiger partial charge in [0.2, 0.25) is 18.4 Å². The van der Waals surface area contributed by atoms with E-state index in [2.05, 4.69) is 103 Å². The predicted octanol–water partition coefficient (Wildman–Crippen LogP) is 1.04. The van der Waals surface area contributed by atoms with Crippen molar-refractivity contribution in [1.82, 2.24) is 9.97 Å². The zero-order valence-electron chi connectivity index (χ0n) is 26.9. The fourth-order valence-corrected chi connectivity index (χ4v) is 5.59. The second-order valence-corrected chi connectivity index (χ2v) is 12.6.